The second kappa shape index (κ2) is 5.64. The first-order valence-corrected chi connectivity index (χ1v) is 6.80. The second-order valence-electron chi connectivity index (χ2n) is 3.20. The molecule has 0 bridgehead atoms. The van der Waals surface area contributed by atoms with E-state index in [1.165, 1.54) is 0 Å². The largest absolute Gasteiger partial charge is 0.465 e. The van der Waals surface area contributed by atoms with Gasteiger partial charge < -0.3 is 13.8 Å². The molecule has 1 saturated heterocycles. The lowest BCUT2D eigenvalue weighted by Crippen LogP contribution is -2.29. The number of hydrogen-bond donors (Lipinski definition) is 0. The van der Waals surface area contributed by atoms with Gasteiger partial charge >= 0.3 is 13.6 Å². The Morgan fingerprint density at radius 2 is 2.20 bits per heavy atom. The normalized spacial score (nSPS) is 31.2. The van der Waals surface area contributed by atoms with E-state index >= 15 is 0 Å². The van der Waals surface area contributed by atoms with Gasteiger partial charge in [0.05, 0.1) is 19.8 Å². The number of hydrogen-bond acceptors (Lipinski definition) is 5. The molecule has 0 aliphatic carbocycles. The highest BCUT2D eigenvalue weighted by atomic mass is 31.2. The maximum Gasteiger partial charge on any atom is 0.344 e. The van der Waals surface area contributed by atoms with Crippen molar-refractivity contribution in [3.8, 4) is 0 Å². The van der Waals surface area contributed by atoms with Gasteiger partial charge in [0.2, 0.25) is 0 Å². The molecule has 0 aromatic rings. The van der Waals surface area contributed by atoms with E-state index in [2.05, 4.69) is 0 Å². The molecule has 0 amide bonds. The lowest BCUT2D eigenvalue weighted by Gasteiger charge is -2.28. The van der Waals surface area contributed by atoms with Crippen molar-refractivity contribution in [1.82, 2.24) is 0 Å². The molecular formula is C9H17O5P. The fourth-order valence-corrected chi connectivity index (χ4v) is 3.52. The number of carbonyl (C=O) groups is 1. The van der Waals surface area contributed by atoms with Crippen LogP contribution in [0.4, 0.5) is 0 Å². The van der Waals surface area contributed by atoms with Crippen LogP contribution in [0.2, 0.25) is 0 Å². The van der Waals surface area contributed by atoms with Crippen molar-refractivity contribution in [3.63, 3.8) is 0 Å². The Hall–Kier alpha value is -0.380. The van der Waals surface area contributed by atoms with Crippen molar-refractivity contribution >= 4 is 13.6 Å². The Kier molecular flexibility index (Phi) is 4.77. The smallest absolute Gasteiger partial charge is 0.344 e. The zero-order chi connectivity index (χ0) is 11.3. The number of ether oxygens (including phenoxy) is 1. The molecule has 88 valence electrons. The van der Waals surface area contributed by atoms with E-state index in [4.69, 9.17) is 13.8 Å². The van der Waals surface area contributed by atoms with Crippen LogP contribution < -0.4 is 0 Å². The fourth-order valence-electron chi connectivity index (χ4n) is 1.51. The van der Waals surface area contributed by atoms with Crippen LogP contribution in [0.25, 0.3) is 0 Å². The molecule has 1 fully saturated rings. The van der Waals surface area contributed by atoms with E-state index in [0.717, 1.165) is 0 Å². The first kappa shape index (κ1) is 12.7. The summed E-state index contributed by atoms with van der Waals surface area (Å²) in [6.07, 6.45) is 1.22. The van der Waals surface area contributed by atoms with Crippen molar-refractivity contribution in [2.24, 2.45) is 0 Å². The van der Waals surface area contributed by atoms with Crippen LogP contribution >= 0.6 is 7.60 Å². The highest BCUT2D eigenvalue weighted by Gasteiger charge is 2.44. The minimum absolute atomic E-state index is 0.271. The lowest BCUT2D eigenvalue weighted by molar-refractivity contribution is -0.143. The summed E-state index contributed by atoms with van der Waals surface area (Å²) in [5.74, 6) is -0.478. The highest BCUT2D eigenvalue weighted by Crippen LogP contribution is 2.57. The lowest BCUT2D eigenvalue weighted by atomic mass is 10.2. The van der Waals surface area contributed by atoms with E-state index in [1.54, 1.807) is 13.8 Å². The highest BCUT2D eigenvalue weighted by molar-refractivity contribution is 7.55. The fraction of sp³-hybridized carbons (Fsp3) is 0.889. The van der Waals surface area contributed by atoms with E-state index in [9.17, 15) is 9.36 Å². The minimum atomic E-state index is -3.28. The summed E-state index contributed by atoms with van der Waals surface area (Å²) >= 11 is 0. The van der Waals surface area contributed by atoms with Gasteiger partial charge in [0.1, 0.15) is 0 Å². The monoisotopic (exact) mass is 236 g/mol. The molecule has 1 heterocycles. The Morgan fingerprint density at radius 1 is 1.47 bits per heavy atom. The van der Waals surface area contributed by atoms with Crippen LogP contribution in [-0.4, -0.2) is 31.4 Å². The standard InChI is InChI=1S/C9H17O5P/c1-3-12-9(10)8-6-5-7-14-15(8,11)13-4-2/h8H,3-7H2,1-2H3/t8-,15+/m0/s1. The van der Waals surface area contributed by atoms with Crippen LogP contribution in [0.5, 0.6) is 0 Å². The summed E-state index contributed by atoms with van der Waals surface area (Å²) in [4.78, 5) is 11.5. The van der Waals surface area contributed by atoms with Gasteiger partial charge in [0.15, 0.2) is 5.66 Å². The van der Waals surface area contributed by atoms with Gasteiger partial charge in [0, 0.05) is 0 Å². The average Bonchev–Trinajstić information content (AvgIpc) is 2.18. The predicted octanol–water partition coefficient (Wildman–Crippen LogP) is 1.96. The first-order chi connectivity index (χ1) is 7.14. The summed E-state index contributed by atoms with van der Waals surface area (Å²) in [6.45, 7) is 4.37. The Bertz CT molecular complexity index is 259. The molecule has 1 aliphatic heterocycles. The molecule has 0 aromatic carbocycles. The van der Waals surface area contributed by atoms with Crippen molar-refractivity contribution in [3.05, 3.63) is 0 Å². The molecule has 0 saturated carbocycles. The van der Waals surface area contributed by atoms with E-state index in [-0.39, 0.29) is 13.2 Å². The van der Waals surface area contributed by atoms with Crippen molar-refractivity contribution in [1.29, 1.82) is 0 Å². The van der Waals surface area contributed by atoms with Crippen molar-refractivity contribution in [2.45, 2.75) is 32.3 Å². The maximum atomic E-state index is 12.1. The van der Waals surface area contributed by atoms with Gasteiger partial charge in [-0.2, -0.15) is 0 Å². The molecule has 0 radical (unpaired) electrons. The number of rotatable bonds is 4. The van der Waals surface area contributed by atoms with Crippen molar-refractivity contribution in [2.75, 3.05) is 19.8 Å². The number of carbonyl (C=O) groups excluding carboxylic acids is 1. The topological polar surface area (TPSA) is 61.8 Å². The zero-order valence-corrected chi connectivity index (χ0v) is 10.00. The van der Waals surface area contributed by atoms with Gasteiger partial charge in [-0.05, 0) is 26.7 Å². The van der Waals surface area contributed by atoms with Gasteiger partial charge in [-0.3, -0.25) is 9.36 Å². The van der Waals surface area contributed by atoms with Crippen molar-refractivity contribution < 1.29 is 23.1 Å². The first-order valence-electron chi connectivity index (χ1n) is 5.19. The average molecular weight is 236 g/mol. The van der Waals surface area contributed by atoms with Crippen LogP contribution in [0.3, 0.4) is 0 Å². The second-order valence-corrected chi connectivity index (χ2v) is 5.42. The molecule has 0 unspecified atom stereocenters. The summed E-state index contributed by atoms with van der Waals surface area (Å²) < 4.78 is 27.2. The van der Waals surface area contributed by atoms with Gasteiger partial charge in [-0.25, -0.2) is 0 Å². The summed E-state index contributed by atoms with van der Waals surface area (Å²) in [6, 6.07) is 0. The molecule has 15 heavy (non-hydrogen) atoms. The Morgan fingerprint density at radius 3 is 2.80 bits per heavy atom. The SMILES string of the molecule is CCOC(=O)[C@@H]1CCCO[P@]1(=O)OCC. The summed E-state index contributed by atoms with van der Waals surface area (Å²) in [5.41, 5.74) is -0.744. The van der Waals surface area contributed by atoms with Gasteiger partial charge in [-0.1, -0.05) is 0 Å². The number of esters is 1. The zero-order valence-electron chi connectivity index (χ0n) is 9.10. The molecule has 1 aliphatic rings. The molecule has 1 rings (SSSR count). The van der Waals surface area contributed by atoms with E-state index in [1.807, 2.05) is 0 Å². The quantitative estimate of drug-likeness (QED) is 0.551. The molecule has 0 aromatic heterocycles. The van der Waals surface area contributed by atoms with Crippen LogP contribution in [0, 0.1) is 0 Å². The van der Waals surface area contributed by atoms with Gasteiger partial charge in [0.25, 0.3) is 0 Å². The minimum Gasteiger partial charge on any atom is -0.465 e. The third-order valence-electron chi connectivity index (χ3n) is 2.14. The van der Waals surface area contributed by atoms with Crippen LogP contribution in [0.1, 0.15) is 26.7 Å². The molecule has 5 nitrogen and oxygen atoms in total. The molecule has 0 spiro atoms. The molecule has 2 atom stereocenters. The molecular weight excluding hydrogens is 219 g/mol. The molecule has 6 heteroatoms. The van der Waals surface area contributed by atoms with Crippen LogP contribution in [0.15, 0.2) is 0 Å². The van der Waals surface area contributed by atoms with Gasteiger partial charge in [-0.15, -0.1) is 0 Å². The Labute approximate surface area is 89.6 Å². The third-order valence-corrected chi connectivity index (χ3v) is 4.54. The van der Waals surface area contributed by atoms with E-state index < -0.39 is 19.2 Å². The predicted molar refractivity (Wildman–Crippen MR) is 54.8 cm³/mol. The molecule has 0 N–H and O–H groups in total. The third kappa shape index (κ3) is 3.03. The Balaban J connectivity index is 2.73. The summed E-state index contributed by atoms with van der Waals surface area (Å²) in [5, 5.41) is 0. The summed E-state index contributed by atoms with van der Waals surface area (Å²) in [7, 11) is -3.28. The van der Waals surface area contributed by atoms with E-state index in [0.29, 0.717) is 19.4 Å². The maximum absolute atomic E-state index is 12.1. The van der Waals surface area contributed by atoms with Crippen LogP contribution in [-0.2, 0) is 23.1 Å².